The lowest BCUT2D eigenvalue weighted by molar-refractivity contribution is 0.0533. The second-order valence-corrected chi connectivity index (χ2v) is 5.63. The highest BCUT2D eigenvalue weighted by Crippen LogP contribution is 2.35. The summed E-state index contributed by atoms with van der Waals surface area (Å²) in [4.78, 5) is 0. The third kappa shape index (κ3) is 3.21. The summed E-state index contributed by atoms with van der Waals surface area (Å²) in [6, 6.07) is 0.418. The number of furan rings is 1. The van der Waals surface area contributed by atoms with Gasteiger partial charge in [0.05, 0.1) is 0 Å². The first-order valence-electron chi connectivity index (χ1n) is 7.52. The minimum absolute atomic E-state index is 0.418. The molecule has 1 fully saturated rings. The molecule has 0 bridgehead atoms. The third-order valence-electron chi connectivity index (χ3n) is 4.28. The summed E-state index contributed by atoms with van der Waals surface area (Å²) in [5.41, 5.74) is 2.70. The quantitative estimate of drug-likeness (QED) is 0.882. The van der Waals surface area contributed by atoms with Crippen LogP contribution in [0, 0.1) is 26.7 Å². The van der Waals surface area contributed by atoms with E-state index in [1.807, 2.05) is 0 Å². The summed E-state index contributed by atoms with van der Waals surface area (Å²) in [6.45, 7) is 11.4. The zero-order valence-corrected chi connectivity index (χ0v) is 12.7. The van der Waals surface area contributed by atoms with E-state index in [4.69, 9.17) is 9.15 Å². The van der Waals surface area contributed by atoms with E-state index in [-0.39, 0.29) is 0 Å². The molecule has 0 amide bonds. The predicted molar refractivity (Wildman–Crippen MR) is 77.5 cm³/mol. The number of hydrogen-bond acceptors (Lipinski definition) is 3. The van der Waals surface area contributed by atoms with Crippen LogP contribution in [0.4, 0.5) is 0 Å². The summed E-state index contributed by atoms with van der Waals surface area (Å²) in [6.07, 6.45) is 3.45. The van der Waals surface area contributed by atoms with Crippen molar-refractivity contribution in [3.63, 3.8) is 0 Å². The molecular weight excluding hydrogens is 238 g/mol. The van der Waals surface area contributed by atoms with Gasteiger partial charge < -0.3 is 14.5 Å². The molecule has 0 aromatic carbocycles. The lowest BCUT2D eigenvalue weighted by Crippen LogP contribution is -2.33. The van der Waals surface area contributed by atoms with Crippen molar-refractivity contribution in [2.24, 2.45) is 5.92 Å². The smallest absolute Gasteiger partial charge is 0.106 e. The van der Waals surface area contributed by atoms with E-state index in [9.17, 15) is 0 Å². The Morgan fingerprint density at radius 2 is 1.84 bits per heavy atom. The molecule has 108 valence electrons. The molecule has 1 atom stereocenters. The van der Waals surface area contributed by atoms with Crippen molar-refractivity contribution in [1.29, 1.82) is 0 Å². The van der Waals surface area contributed by atoms with E-state index < -0.39 is 0 Å². The van der Waals surface area contributed by atoms with Crippen molar-refractivity contribution in [3.05, 3.63) is 22.6 Å². The Balaban J connectivity index is 2.25. The van der Waals surface area contributed by atoms with Gasteiger partial charge in [-0.2, -0.15) is 0 Å². The molecule has 19 heavy (non-hydrogen) atoms. The third-order valence-corrected chi connectivity index (χ3v) is 4.28. The van der Waals surface area contributed by atoms with Crippen LogP contribution in [0.3, 0.4) is 0 Å². The first-order valence-corrected chi connectivity index (χ1v) is 7.52. The van der Waals surface area contributed by atoms with Gasteiger partial charge in [-0.3, -0.25) is 0 Å². The summed E-state index contributed by atoms with van der Waals surface area (Å²) in [5, 5.41) is 3.73. The van der Waals surface area contributed by atoms with E-state index in [2.05, 4.69) is 33.0 Å². The molecule has 1 saturated heterocycles. The number of aryl methyl sites for hydroxylation is 2. The molecule has 1 unspecified atom stereocenters. The Bertz CT molecular complexity index is 405. The van der Waals surface area contributed by atoms with Crippen LogP contribution in [0.15, 0.2) is 4.42 Å². The Labute approximate surface area is 116 Å². The largest absolute Gasteiger partial charge is 0.466 e. The van der Waals surface area contributed by atoms with Crippen molar-refractivity contribution in [2.45, 2.75) is 53.0 Å². The van der Waals surface area contributed by atoms with E-state index in [0.717, 1.165) is 50.5 Å². The van der Waals surface area contributed by atoms with Crippen molar-refractivity contribution in [3.8, 4) is 0 Å². The molecule has 0 radical (unpaired) electrons. The molecule has 0 spiro atoms. The number of rotatable bonds is 5. The Kier molecular flexibility index (Phi) is 5.06. The van der Waals surface area contributed by atoms with E-state index >= 15 is 0 Å². The number of ether oxygens (including phenoxy) is 1. The molecule has 1 aliphatic rings. The Morgan fingerprint density at radius 1 is 1.16 bits per heavy atom. The first kappa shape index (κ1) is 14.6. The van der Waals surface area contributed by atoms with Crippen LogP contribution in [0.5, 0.6) is 0 Å². The van der Waals surface area contributed by atoms with Crippen LogP contribution in [-0.4, -0.2) is 19.8 Å². The second kappa shape index (κ2) is 6.58. The Morgan fingerprint density at radius 3 is 2.37 bits per heavy atom. The van der Waals surface area contributed by atoms with E-state index in [1.165, 1.54) is 11.1 Å². The second-order valence-electron chi connectivity index (χ2n) is 5.63. The van der Waals surface area contributed by atoms with Crippen molar-refractivity contribution >= 4 is 0 Å². The lowest BCUT2D eigenvalue weighted by Gasteiger charge is -2.31. The van der Waals surface area contributed by atoms with Gasteiger partial charge in [-0.1, -0.05) is 6.92 Å². The van der Waals surface area contributed by atoms with Gasteiger partial charge in [-0.15, -0.1) is 0 Å². The minimum atomic E-state index is 0.418. The maximum absolute atomic E-state index is 5.83. The van der Waals surface area contributed by atoms with Crippen molar-refractivity contribution < 1.29 is 9.15 Å². The molecule has 3 nitrogen and oxygen atoms in total. The van der Waals surface area contributed by atoms with Crippen LogP contribution < -0.4 is 5.32 Å². The van der Waals surface area contributed by atoms with Crippen LogP contribution in [0.1, 0.15) is 54.9 Å². The molecule has 1 N–H and O–H groups in total. The molecule has 0 saturated carbocycles. The normalized spacial score (nSPS) is 18.7. The molecule has 1 aromatic rings. The minimum Gasteiger partial charge on any atom is -0.466 e. The van der Waals surface area contributed by atoms with Gasteiger partial charge in [0.15, 0.2) is 0 Å². The monoisotopic (exact) mass is 265 g/mol. The van der Waals surface area contributed by atoms with Gasteiger partial charge in [-0.05, 0) is 58.1 Å². The molecule has 2 rings (SSSR count). The van der Waals surface area contributed by atoms with Gasteiger partial charge in [-0.25, -0.2) is 0 Å². The van der Waals surface area contributed by atoms with Crippen LogP contribution >= 0.6 is 0 Å². The van der Waals surface area contributed by atoms with E-state index in [1.54, 1.807) is 0 Å². The average Bonchev–Trinajstić information content (AvgIpc) is 2.67. The highest BCUT2D eigenvalue weighted by Gasteiger charge is 2.29. The SMILES string of the molecule is CCCNC(c1c(C)oc(C)c1C)C1CCOCC1. The fraction of sp³-hybridized carbons (Fsp3) is 0.750. The van der Waals surface area contributed by atoms with Gasteiger partial charge >= 0.3 is 0 Å². The predicted octanol–water partition coefficient (Wildman–Crippen LogP) is 3.67. The highest BCUT2D eigenvalue weighted by atomic mass is 16.5. The van der Waals surface area contributed by atoms with Crippen LogP contribution in [-0.2, 0) is 4.74 Å². The average molecular weight is 265 g/mol. The van der Waals surface area contributed by atoms with Crippen molar-refractivity contribution in [1.82, 2.24) is 5.32 Å². The highest BCUT2D eigenvalue weighted by molar-refractivity contribution is 5.34. The first-order chi connectivity index (χ1) is 9.15. The molecule has 0 aliphatic carbocycles. The fourth-order valence-electron chi connectivity index (χ4n) is 3.12. The van der Waals surface area contributed by atoms with Crippen molar-refractivity contribution in [2.75, 3.05) is 19.8 Å². The fourth-order valence-corrected chi connectivity index (χ4v) is 3.12. The van der Waals surface area contributed by atoms with Gasteiger partial charge in [0.25, 0.3) is 0 Å². The number of hydrogen-bond donors (Lipinski definition) is 1. The zero-order valence-electron chi connectivity index (χ0n) is 12.7. The van der Waals surface area contributed by atoms with Crippen LogP contribution in [0.25, 0.3) is 0 Å². The van der Waals surface area contributed by atoms with Gasteiger partial charge in [0, 0.05) is 24.8 Å². The maximum Gasteiger partial charge on any atom is 0.106 e. The topological polar surface area (TPSA) is 34.4 Å². The number of nitrogens with one attached hydrogen (secondary N) is 1. The zero-order chi connectivity index (χ0) is 13.8. The van der Waals surface area contributed by atoms with Gasteiger partial charge in [0.1, 0.15) is 11.5 Å². The standard InChI is InChI=1S/C16H27NO2/c1-5-8-17-16(14-6-9-18-10-7-14)15-11(2)12(3)19-13(15)4/h14,16-17H,5-10H2,1-4H3. The summed E-state index contributed by atoms with van der Waals surface area (Å²) in [7, 11) is 0. The van der Waals surface area contributed by atoms with E-state index in [0.29, 0.717) is 12.0 Å². The summed E-state index contributed by atoms with van der Waals surface area (Å²) < 4.78 is 11.3. The summed E-state index contributed by atoms with van der Waals surface area (Å²) >= 11 is 0. The molecule has 3 heteroatoms. The van der Waals surface area contributed by atoms with Gasteiger partial charge in [0.2, 0.25) is 0 Å². The molecule has 1 aliphatic heterocycles. The summed E-state index contributed by atoms with van der Waals surface area (Å²) in [5.74, 6) is 2.80. The molecule has 1 aromatic heterocycles. The van der Waals surface area contributed by atoms with Crippen LogP contribution in [0.2, 0.25) is 0 Å². The maximum atomic E-state index is 5.83. The molecule has 2 heterocycles. The molecular formula is C16H27NO2. The lowest BCUT2D eigenvalue weighted by atomic mass is 9.85. The Hall–Kier alpha value is -0.800.